The molecule has 0 unspecified atom stereocenters. The van der Waals surface area contributed by atoms with Gasteiger partial charge in [-0.2, -0.15) is 0 Å². The van der Waals surface area contributed by atoms with Gasteiger partial charge in [0.15, 0.2) is 0 Å². The van der Waals surface area contributed by atoms with Gasteiger partial charge >= 0.3 is 0 Å². The molecule has 0 spiro atoms. The summed E-state index contributed by atoms with van der Waals surface area (Å²) < 4.78 is 0. The summed E-state index contributed by atoms with van der Waals surface area (Å²) in [7, 11) is 0. The summed E-state index contributed by atoms with van der Waals surface area (Å²) in [4.78, 5) is 38.6. The number of carbonyl (C=O) groups is 1. The van der Waals surface area contributed by atoms with Gasteiger partial charge in [0.1, 0.15) is 5.82 Å². The van der Waals surface area contributed by atoms with E-state index in [2.05, 4.69) is 37.7 Å². The van der Waals surface area contributed by atoms with E-state index in [1.165, 1.54) is 0 Å². The molecule has 4 rings (SSSR count). The fraction of sp³-hybridized carbons (Fsp3) is 0.200. The first-order valence-electron chi connectivity index (χ1n) is 10.8. The Bertz CT molecular complexity index is 1360. The number of amides is 1. The van der Waals surface area contributed by atoms with E-state index in [1.807, 2.05) is 38.1 Å². The number of rotatable bonds is 8. The highest BCUT2D eigenvalue weighted by atomic mass is 32.1. The number of nitrogen functional groups attached to an aromatic ring is 1. The van der Waals surface area contributed by atoms with E-state index in [4.69, 9.17) is 5.73 Å². The summed E-state index contributed by atoms with van der Waals surface area (Å²) >= 11 is 1.66. The van der Waals surface area contributed by atoms with Crippen LogP contribution in [0.2, 0.25) is 0 Å². The Morgan fingerprint density at radius 3 is 2.74 bits per heavy atom. The number of hydrogen-bond donors (Lipinski definition) is 4. The standard InChI is InChI=1S/C25H26N6O2S/c1-15-19(11-24(32)29-12-17-6-9-23(26)31-16(17)2)25(33)30-14-21(15)28-13-18-7-8-22(34-18)20-5-3-4-10-27-20/h3-10,14,28H,11-13H2,1-2H3,(H2,26,31)(H,29,32)(H,30,33). The second-order valence-electron chi connectivity index (χ2n) is 7.90. The molecule has 0 aromatic carbocycles. The fourth-order valence-corrected chi connectivity index (χ4v) is 4.50. The first kappa shape index (κ1) is 23.2. The SMILES string of the molecule is Cc1nc(N)ccc1CNC(=O)Cc1c(C)c(NCc2ccc(-c3ccccn3)s2)c[nH]c1=O. The molecule has 0 saturated heterocycles. The summed E-state index contributed by atoms with van der Waals surface area (Å²) in [5.74, 6) is 0.204. The van der Waals surface area contributed by atoms with Crippen molar-refractivity contribution in [3.05, 3.63) is 92.5 Å². The van der Waals surface area contributed by atoms with Crippen LogP contribution in [0.5, 0.6) is 0 Å². The van der Waals surface area contributed by atoms with E-state index >= 15 is 0 Å². The monoisotopic (exact) mass is 474 g/mol. The van der Waals surface area contributed by atoms with Gasteiger partial charge in [0.05, 0.1) is 22.7 Å². The Morgan fingerprint density at radius 1 is 1.12 bits per heavy atom. The number of carbonyl (C=O) groups excluding carboxylic acids is 1. The van der Waals surface area contributed by atoms with Crippen LogP contribution in [0.25, 0.3) is 10.6 Å². The number of nitrogens with one attached hydrogen (secondary N) is 3. The molecule has 0 radical (unpaired) electrons. The predicted octanol–water partition coefficient (Wildman–Crippen LogP) is 3.56. The molecule has 5 N–H and O–H groups in total. The van der Waals surface area contributed by atoms with Gasteiger partial charge in [-0.15, -0.1) is 11.3 Å². The molecule has 0 fully saturated rings. The normalized spacial score (nSPS) is 10.8. The number of nitrogens with two attached hydrogens (primary N) is 1. The van der Waals surface area contributed by atoms with E-state index < -0.39 is 0 Å². The van der Waals surface area contributed by atoms with Crippen molar-refractivity contribution < 1.29 is 4.79 Å². The lowest BCUT2D eigenvalue weighted by Crippen LogP contribution is -2.28. The minimum Gasteiger partial charge on any atom is -0.384 e. The van der Waals surface area contributed by atoms with Crippen LogP contribution < -0.4 is 21.9 Å². The molecule has 8 nitrogen and oxygen atoms in total. The smallest absolute Gasteiger partial charge is 0.252 e. The minimum absolute atomic E-state index is 0.0129. The number of anilines is 2. The maximum Gasteiger partial charge on any atom is 0.252 e. The van der Waals surface area contributed by atoms with Crippen molar-refractivity contribution in [1.82, 2.24) is 20.3 Å². The van der Waals surface area contributed by atoms with Crippen molar-refractivity contribution in [2.45, 2.75) is 33.4 Å². The largest absolute Gasteiger partial charge is 0.384 e. The summed E-state index contributed by atoms with van der Waals surface area (Å²) in [6.45, 7) is 4.61. The average molecular weight is 475 g/mol. The van der Waals surface area contributed by atoms with Crippen LogP contribution in [0, 0.1) is 13.8 Å². The zero-order valence-corrected chi connectivity index (χ0v) is 19.8. The second-order valence-corrected chi connectivity index (χ2v) is 9.07. The molecule has 174 valence electrons. The summed E-state index contributed by atoms with van der Waals surface area (Å²) in [6, 6.07) is 13.5. The number of thiophene rings is 1. The lowest BCUT2D eigenvalue weighted by Gasteiger charge is -2.13. The van der Waals surface area contributed by atoms with Gasteiger partial charge in [0, 0.05) is 41.6 Å². The Hall–Kier alpha value is -3.98. The van der Waals surface area contributed by atoms with Crippen molar-refractivity contribution in [2.24, 2.45) is 0 Å². The van der Waals surface area contributed by atoms with Crippen molar-refractivity contribution in [2.75, 3.05) is 11.1 Å². The quantitative estimate of drug-likeness (QED) is 0.309. The molecule has 0 aliphatic rings. The number of pyridine rings is 3. The van der Waals surface area contributed by atoms with Gasteiger partial charge in [0.2, 0.25) is 5.91 Å². The van der Waals surface area contributed by atoms with Crippen LogP contribution in [-0.2, 0) is 24.3 Å². The van der Waals surface area contributed by atoms with Crippen LogP contribution in [0.15, 0.2) is 59.7 Å². The molecule has 4 aromatic heterocycles. The van der Waals surface area contributed by atoms with Crippen LogP contribution in [0.3, 0.4) is 0 Å². The molecule has 0 aliphatic carbocycles. The number of nitrogens with zero attached hydrogens (tertiary/aromatic N) is 2. The first-order chi connectivity index (χ1) is 16.4. The van der Waals surface area contributed by atoms with Crippen molar-refractivity contribution in [1.29, 1.82) is 0 Å². The summed E-state index contributed by atoms with van der Waals surface area (Å²) in [6.07, 6.45) is 3.42. The van der Waals surface area contributed by atoms with E-state index in [0.29, 0.717) is 24.5 Å². The first-order valence-corrected chi connectivity index (χ1v) is 11.7. The highest BCUT2D eigenvalue weighted by Crippen LogP contribution is 2.27. The Balaban J connectivity index is 1.40. The van der Waals surface area contributed by atoms with Crippen molar-refractivity contribution >= 4 is 28.7 Å². The molecule has 0 aliphatic heterocycles. The third kappa shape index (κ3) is 5.49. The third-order valence-corrected chi connectivity index (χ3v) is 6.65. The van der Waals surface area contributed by atoms with E-state index in [0.717, 1.165) is 38.0 Å². The van der Waals surface area contributed by atoms with E-state index in [-0.39, 0.29) is 17.9 Å². The topological polar surface area (TPSA) is 126 Å². The van der Waals surface area contributed by atoms with E-state index in [1.54, 1.807) is 29.8 Å². The lowest BCUT2D eigenvalue weighted by molar-refractivity contribution is -0.120. The maximum atomic E-state index is 12.6. The van der Waals surface area contributed by atoms with Gasteiger partial charge in [-0.25, -0.2) is 4.98 Å². The second kappa shape index (κ2) is 10.3. The summed E-state index contributed by atoms with van der Waals surface area (Å²) in [5, 5.41) is 6.23. The third-order valence-electron chi connectivity index (χ3n) is 5.54. The molecule has 4 aromatic rings. The number of aryl methyl sites for hydroxylation is 1. The fourth-order valence-electron chi connectivity index (χ4n) is 3.58. The maximum absolute atomic E-state index is 12.6. The van der Waals surface area contributed by atoms with Crippen LogP contribution in [0.1, 0.15) is 27.3 Å². The van der Waals surface area contributed by atoms with Gasteiger partial charge in [-0.05, 0) is 55.3 Å². The van der Waals surface area contributed by atoms with Crippen LogP contribution >= 0.6 is 11.3 Å². The molecule has 0 atom stereocenters. The Morgan fingerprint density at radius 2 is 1.97 bits per heavy atom. The zero-order valence-electron chi connectivity index (χ0n) is 19.0. The number of aromatic nitrogens is 3. The van der Waals surface area contributed by atoms with Gasteiger partial charge in [-0.1, -0.05) is 12.1 Å². The minimum atomic E-state index is -0.267. The molecule has 9 heteroatoms. The Kier molecular flexibility index (Phi) is 7.03. The van der Waals surface area contributed by atoms with Crippen molar-refractivity contribution in [3.8, 4) is 10.6 Å². The number of aromatic amines is 1. The molecule has 1 amide bonds. The van der Waals surface area contributed by atoms with Gasteiger partial charge < -0.3 is 21.4 Å². The van der Waals surface area contributed by atoms with Crippen molar-refractivity contribution in [3.63, 3.8) is 0 Å². The van der Waals surface area contributed by atoms with Crippen LogP contribution in [0.4, 0.5) is 11.5 Å². The number of hydrogen-bond acceptors (Lipinski definition) is 7. The average Bonchev–Trinajstić information content (AvgIpc) is 3.30. The highest BCUT2D eigenvalue weighted by molar-refractivity contribution is 7.15. The van der Waals surface area contributed by atoms with Crippen LogP contribution in [-0.4, -0.2) is 20.9 Å². The molecule has 34 heavy (non-hydrogen) atoms. The highest BCUT2D eigenvalue weighted by Gasteiger charge is 2.14. The molecular weight excluding hydrogens is 448 g/mol. The summed E-state index contributed by atoms with van der Waals surface area (Å²) in [5.41, 5.74) is 9.98. The number of H-pyrrole nitrogens is 1. The van der Waals surface area contributed by atoms with Gasteiger partial charge in [-0.3, -0.25) is 14.6 Å². The predicted molar refractivity (Wildman–Crippen MR) is 136 cm³/mol. The van der Waals surface area contributed by atoms with E-state index in [9.17, 15) is 9.59 Å². The molecule has 0 bridgehead atoms. The van der Waals surface area contributed by atoms with Gasteiger partial charge in [0.25, 0.3) is 5.56 Å². The molecule has 4 heterocycles. The Labute approximate surface area is 201 Å². The zero-order chi connectivity index (χ0) is 24.1. The lowest BCUT2D eigenvalue weighted by atomic mass is 10.1. The molecular formula is C25H26N6O2S. The molecule has 0 saturated carbocycles.